The number of nitrogens with one attached hydrogen (secondary N) is 1. The third kappa shape index (κ3) is 3.75. The van der Waals surface area contributed by atoms with Crippen LogP contribution in [-0.4, -0.2) is 47.3 Å². The Kier molecular flexibility index (Phi) is 6.31. The molecule has 2 fully saturated rings. The van der Waals surface area contributed by atoms with Crippen LogP contribution in [0.3, 0.4) is 0 Å². The Morgan fingerprint density at radius 2 is 2.05 bits per heavy atom. The largest absolute Gasteiger partial charge is 0.394 e. The van der Waals surface area contributed by atoms with Crippen molar-refractivity contribution in [2.75, 3.05) is 19.7 Å². The third-order valence-electron chi connectivity index (χ3n) is 5.48. The Labute approximate surface area is 125 Å². The molecule has 3 heteroatoms. The van der Waals surface area contributed by atoms with E-state index in [-0.39, 0.29) is 5.54 Å². The van der Waals surface area contributed by atoms with Gasteiger partial charge in [-0.25, -0.2) is 0 Å². The van der Waals surface area contributed by atoms with Gasteiger partial charge in [0.25, 0.3) is 0 Å². The monoisotopic (exact) mass is 282 g/mol. The summed E-state index contributed by atoms with van der Waals surface area (Å²) in [5, 5.41) is 13.6. The zero-order chi connectivity index (χ0) is 14.4. The molecule has 0 aromatic rings. The molecule has 1 aliphatic heterocycles. The number of hydrogen-bond donors (Lipinski definition) is 2. The number of aliphatic hydroxyl groups is 1. The molecular weight excluding hydrogens is 248 g/mol. The quantitative estimate of drug-likeness (QED) is 0.786. The Morgan fingerprint density at radius 1 is 1.20 bits per heavy atom. The first-order chi connectivity index (χ1) is 9.74. The van der Waals surface area contributed by atoms with Gasteiger partial charge in [0.05, 0.1) is 6.61 Å². The minimum Gasteiger partial charge on any atom is -0.394 e. The summed E-state index contributed by atoms with van der Waals surface area (Å²) < 4.78 is 0. The Hall–Kier alpha value is -0.120. The number of rotatable bonds is 6. The molecule has 1 aliphatic carbocycles. The van der Waals surface area contributed by atoms with Crippen LogP contribution in [0.1, 0.15) is 71.6 Å². The first-order valence-electron chi connectivity index (χ1n) is 8.86. The minimum absolute atomic E-state index is 0.00529. The van der Waals surface area contributed by atoms with Gasteiger partial charge in [-0.3, -0.25) is 4.90 Å². The zero-order valence-corrected chi connectivity index (χ0v) is 13.5. The van der Waals surface area contributed by atoms with Crippen LogP contribution >= 0.6 is 0 Å². The summed E-state index contributed by atoms with van der Waals surface area (Å²) in [6.45, 7) is 7.15. The van der Waals surface area contributed by atoms with Crippen molar-refractivity contribution in [3.8, 4) is 0 Å². The molecule has 1 heterocycles. The van der Waals surface area contributed by atoms with Crippen molar-refractivity contribution >= 4 is 0 Å². The van der Waals surface area contributed by atoms with Crippen molar-refractivity contribution in [2.24, 2.45) is 0 Å². The van der Waals surface area contributed by atoms with E-state index >= 15 is 0 Å². The van der Waals surface area contributed by atoms with E-state index in [1.54, 1.807) is 0 Å². The summed E-state index contributed by atoms with van der Waals surface area (Å²) in [5.74, 6) is 0. The lowest BCUT2D eigenvalue weighted by Crippen LogP contribution is -2.58. The SMILES string of the molecule is CCCNC1(CO)CCCC(N2CCCCC2CC)C1. The first-order valence-corrected chi connectivity index (χ1v) is 8.86. The van der Waals surface area contributed by atoms with E-state index < -0.39 is 0 Å². The number of aliphatic hydroxyl groups excluding tert-OH is 1. The number of piperidine rings is 1. The second-order valence-electron chi connectivity index (χ2n) is 6.91. The van der Waals surface area contributed by atoms with Gasteiger partial charge < -0.3 is 10.4 Å². The molecule has 118 valence electrons. The van der Waals surface area contributed by atoms with Gasteiger partial charge in [-0.2, -0.15) is 0 Å². The molecule has 2 N–H and O–H groups in total. The van der Waals surface area contributed by atoms with Crippen LogP contribution < -0.4 is 5.32 Å². The molecule has 3 atom stereocenters. The molecule has 2 rings (SSSR count). The van der Waals surface area contributed by atoms with Crippen molar-refractivity contribution in [3.05, 3.63) is 0 Å². The van der Waals surface area contributed by atoms with E-state index in [4.69, 9.17) is 0 Å². The number of hydrogen-bond acceptors (Lipinski definition) is 3. The van der Waals surface area contributed by atoms with Crippen LogP contribution in [0.25, 0.3) is 0 Å². The number of likely N-dealkylation sites (tertiary alicyclic amines) is 1. The van der Waals surface area contributed by atoms with E-state index in [1.807, 2.05) is 0 Å². The van der Waals surface area contributed by atoms with Gasteiger partial charge in [0.1, 0.15) is 0 Å². The van der Waals surface area contributed by atoms with Crippen LogP contribution in [0.4, 0.5) is 0 Å². The normalized spacial score (nSPS) is 36.1. The van der Waals surface area contributed by atoms with Gasteiger partial charge in [0.2, 0.25) is 0 Å². The van der Waals surface area contributed by atoms with Crippen LogP contribution in [0.15, 0.2) is 0 Å². The molecule has 3 nitrogen and oxygen atoms in total. The van der Waals surface area contributed by atoms with Crippen molar-refractivity contribution in [1.82, 2.24) is 10.2 Å². The highest BCUT2D eigenvalue weighted by molar-refractivity contribution is 4.98. The maximum Gasteiger partial charge on any atom is 0.0613 e. The fraction of sp³-hybridized carbons (Fsp3) is 1.00. The highest BCUT2D eigenvalue weighted by Crippen LogP contribution is 2.34. The maximum atomic E-state index is 9.93. The molecule has 0 spiro atoms. The molecule has 2 aliphatic rings. The van der Waals surface area contributed by atoms with Gasteiger partial charge in [-0.15, -0.1) is 0 Å². The lowest BCUT2D eigenvalue weighted by Gasteiger charge is -2.48. The molecule has 0 aromatic heterocycles. The van der Waals surface area contributed by atoms with Crippen molar-refractivity contribution in [3.63, 3.8) is 0 Å². The molecule has 0 amide bonds. The summed E-state index contributed by atoms with van der Waals surface area (Å²) in [6.07, 6.45) is 11.4. The standard InChI is InChI=1S/C17H34N2O/c1-3-11-18-17(14-20)10-7-9-16(13-17)19-12-6-5-8-15(19)4-2/h15-16,18,20H,3-14H2,1-2H3. The zero-order valence-electron chi connectivity index (χ0n) is 13.5. The molecule has 0 bridgehead atoms. The predicted molar refractivity (Wildman–Crippen MR) is 85.0 cm³/mol. The van der Waals surface area contributed by atoms with E-state index in [0.29, 0.717) is 12.6 Å². The average Bonchev–Trinajstić information content (AvgIpc) is 2.53. The third-order valence-corrected chi connectivity index (χ3v) is 5.48. The Bertz CT molecular complexity index is 284. The van der Waals surface area contributed by atoms with Crippen LogP contribution in [0, 0.1) is 0 Å². The van der Waals surface area contributed by atoms with E-state index in [0.717, 1.165) is 31.8 Å². The number of nitrogens with zero attached hydrogens (tertiary/aromatic N) is 1. The second kappa shape index (κ2) is 7.77. The second-order valence-corrected chi connectivity index (χ2v) is 6.91. The fourth-order valence-electron chi connectivity index (χ4n) is 4.31. The molecule has 1 saturated carbocycles. The predicted octanol–water partition coefficient (Wildman–Crippen LogP) is 2.92. The van der Waals surface area contributed by atoms with Crippen molar-refractivity contribution < 1.29 is 5.11 Å². The maximum absolute atomic E-state index is 9.93. The van der Waals surface area contributed by atoms with Gasteiger partial charge >= 0.3 is 0 Å². The van der Waals surface area contributed by atoms with E-state index in [9.17, 15) is 5.11 Å². The minimum atomic E-state index is -0.00529. The highest BCUT2D eigenvalue weighted by Gasteiger charge is 2.39. The lowest BCUT2D eigenvalue weighted by molar-refractivity contribution is 0.0222. The summed E-state index contributed by atoms with van der Waals surface area (Å²) in [4.78, 5) is 2.78. The van der Waals surface area contributed by atoms with Crippen molar-refractivity contribution in [1.29, 1.82) is 0 Å². The summed E-state index contributed by atoms with van der Waals surface area (Å²) >= 11 is 0. The van der Waals surface area contributed by atoms with Gasteiger partial charge in [-0.05, 0) is 64.5 Å². The molecule has 0 aromatic carbocycles. The van der Waals surface area contributed by atoms with Crippen LogP contribution in [0.2, 0.25) is 0 Å². The highest BCUT2D eigenvalue weighted by atomic mass is 16.3. The lowest BCUT2D eigenvalue weighted by atomic mass is 9.77. The topological polar surface area (TPSA) is 35.5 Å². The Morgan fingerprint density at radius 3 is 2.75 bits per heavy atom. The van der Waals surface area contributed by atoms with Gasteiger partial charge in [0, 0.05) is 17.6 Å². The molecule has 20 heavy (non-hydrogen) atoms. The van der Waals surface area contributed by atoms with Crippen molar-refractivity contribution in [2.45, 2.75) is 89.3 Å². The van der Waals surface area contributed by atoms with Gasteiger partial charge in [0.15, 0.2) is 0 Å². The first kappa shape index (κ1) is 16.3. The molecule has 1 saturated heterocycles. The van der Waals surface area contributed by atoms with E-state index in [1.165, 1.54) is 45.1 Å². The van der Waals surface area contributed by atoms with Crippen LogP contribution in [-0.2, 0) is 0 Å². The smallest absolute Gasteiger partial charge is 0.0613 e. The van der Waals surface area contributed by atoms with Crippen LogP contribution in [0.5, 0.6) is 0 Å². The molecular formula is C17H34N2O. The average molecular weight is 282 g/mol. The molecule has 0 radical (unpaired) electrons. The molecule has 3 unspecified atom stereocenters. The summed E-state index contributed by atoms with van der Waals surface area (Å²) in [7, 11) is 0. The van der Waals surface area contributed by atoms with Gasteiger partial charge in [-0.1, -0.05) is 20.3 Å². The summed E-state index contributed by atoms with van der Waals surface area (Å²) in [5.41, 5.74) is -0.00529. The fourth-order valence-corrected chi connectivity index (χ4v) is 4.31. The Balaban J connectivity index is 2.00. The van der Waals surface area contributed by atoms with E-state index in [2.05, 4.69) is 24.1 Å². The summed E-state index contributed by atoms with van der Waals surface area (Å²) in [6, 6.07) is 1.47.